The number of unbranched alkanes of at least 4 members (excludes halogenated alkanes) is 31. The standard InChI is InChI=1S/C74H136N2O31S/c1-4-6-8-10-12-14-16-18-19-20-21-22-23-24-25-27-29-31-33-35-37-39-54(84)76-47(48(83)38-36-34-32-30-28-26-17-15-13-11-9-7-5-2)45-97-71-61(90)59(88)65(52(43-80)101-71)103-72-62(91)60(89)66(53(44-81)102-72)104-73-63(92)68(57(86)50(41-78)99-73)106-70-55(75-46(3)82)67(56(85)49(40-77)98-70)105-74-64(93)69(107-108(94,95)96)58(87)51(42-79)100-74/h36,38,47-53,55-74,77-81,83,85-93H,4-35,37,39-45H2,1-3H3,(H,75,82)(H,76,84)(H,94,95,96)/b38-36+/t47-,48+,49+,50+,51+,52+,53+,55+,56-,57-,58-,59+,60+,61+,62+,63+,64+,65+,66-,67+,68-,69-,70-,71-,72-,73-,74-/m0/s1. The van der Waals surface area contributed by atoms with E-state index < -0.39 is 222 Å². The van der Waals surface area contributed by atoms with Crippen molar-refractivity contribution in [2.24, 2.45) is 0 Å². The zero-order valence-electron chi connectivity index (χ0n) is 63.7. The summed E-state index contributed by atoms with van der Waals surface area (Å²) < 4.78 is 95.5. The van der Waals surface area contributed by atoms with Crippen LogP contribution in [0.25, 0.3) is 0 Å². The number of carbonyl (C=O) groups excluding carboxylic acids is 2. The molecular formula is C74H136N2O31S. The van der Waals surface area contributed by atoms with Gasteiger partial charge in [0.05, 0.1) is 51.8 Å². The summed E-state index contributed by atoms with van der Waals surface area (Å²) in [6, 6.07) is -2.90. The highest BCUT2D eigenvalue weighted by Gasteiger charge is 2.58. The van der Waals surface area contributed by atoms with Crippen molar-refractivity contribution in [3.05, 3.63) is 12.2 Å². The third-order valence-corrected chi connectivity index (χ3v) is 21.4. The Morgan fingerprint density at radius 3 is 1.16 bits per heavy atom. The van der Waals surface area contributed by atoms with Crippen LogP contribution in [0.2, 0.25) is 0 Å². The number of rotatable bonds is 56. The van der Waals surface area contributed by atoms with Crippen LogP contribution in [0.4, 0.5) is 0 Å². The van der Waals surface area contributed by atoms with Crippen molar-refractivity contribution in [2.75, 3.05) is 39.6 Å². The smallest absolute Gasteiger partial charge is 0.394 e. The van der Waals surface area contributed by atoms with Crippen LogP contribution in [0, 0.1) is 0 Å². The number of amides is 2. The fourth-order valence-electron chi connectivity index (χ4n) is 14.5. The number of nitrogens with one attached hydrogen (secondary N) is 2. The van der Waals surface area contributed by atoms with Crippen LogP contribution in [0.15, 0.2) is 12.2 Å². The number of aliphatic hydroxyl groups is 15. The van der Waals surface area contributed by atoms with Gasteiger partial charge in [-0.1, -0.05) is 219 Å². The molecule has 0 aliphatic carbocycles. The second kappa shape index (κ2) is 52.9. The molecule has 0 aromatic rings. The van der Waals surface area contributed by atoms with E-state index in [1.54, 1.807) is 6.08 Å². The molecule has 18 N–H and O–H groups in total. The molecule has 634 valence electrons. The van der Waals surface area contributed by atoms with Gasteiger partial charge in [0.1, 0.15) is 122 Å². The topological polar surface area (TPSA) is 518 Å². The molecule has 34 heteroatoms. The second-order valence-corrected chi connectivity index (χ2v) is 30.8. The molecule has 27 atom stereocenters. The van der Waals surface area contributed by atoms with Gasteiger partial charge in [-0.2, -0.15) is 8.42 Å². The van der Waals surface area contributed by atoms with Crippen molar-refractivity contribution in [3.63, 3.8) is 0 Å². The average molecular weight is 1580 g/mol. The summed E-state index contributed by atoms with van der Waals surface area (Å²) in [5.74, 6) is -1.23. The van der Waals surface area contributed by atoms with Crippen molar-refractivity contribution in [1.29, 1.82) is 0 Å². The van der Waals surface area contributed by atoms with Gasteiger partial charge in [-0.25, -0.2) is 4.18 Å². The van der Waals surface area contributed by atoms with Gasteiger partial charge in [-0.05, 0) is 19.3 Å². The second-order valence-electron chi connectivity index (χ2n) is 29.7. The maximum absolute atomic E-state index is 13.5. The van der Waals surface area contributed by atoms with Crippen molar-refractivity contribution in [3.8, 4) is 0 Å². The van der Waals surface area contributed by atoms with E-state index in [4.69, 9.17) is 47.4 Å². The van der Waals surface area contributed by atoms with Crippen molar-refractivity contribution >= 4 is 22.2 Å². The molecule has 5 saturated heterocycles. The van der Waals surface area contributed by atoms with Crippen molar-refractivity contribution < 1.29 is 151 Å². The van der Waals surface area contributed by atoms with Gasteiger partial charge in [0, 0.05) is 13.3 Å². The van der Waals surface area contributed by atoms with E-state index in [2.05, 4.69) is 28.7 Å². The number of hydrogen-bond acceptors (Lipinski definition) is 30. The fraction of sp³-hybridized carbons (Fsp3) is 0.946. The Labute approximate surface area is 637 Å². The lowest BCUT2D eigenvalue weighted by molar-refractivity contribution is -0.389. The van der Waals surface area contributed by atoms with Gasteiger partial charge >= 0.3 is 10.4 Å². The van der Waals surface area contributed by atoms with Crippen molar-refractivity contribution in [2.45, 2.75) is 405 Å². The van der Waals surface area contributed by atoms with E-state index in [-0.39, 0.29) is 12.3 Å². The van der Waals surface area contributed by atoms with E-state index in [0.717, 1.165) is 58.3 Å². The number of ether oxygens (including phenoxy) is 10. The molecule has 108 heavy (non-hydrogen) atoms. The largest absolute Gasteiger partial charge is 0.397 e. The average Bonchev–Trinajstić information content (AvgIpc) is 0.771. The molecule has 0 spiro atoms. The normalized spacial score (nSPS) is 34.0. The minimum absolute atomic E-state index is 0.186. The molecule has 5 rings (SSSR count). The fourth-order valence-corrected chi connectivity index (χ4v) is 15.0. The SMILES string of the molecule is CCCCCCCCCCCCC/C=C/[C@@H](O)[C@H](CO[C@H]1O[C@H](CO)[C@@H](O[C@@H]2O[C@H](CO)[C@H](O[C@@H]3O[C@H](CO)[C@H](O)[C@H](O[C@@H]4O[C@H](CO)[C@H](O)[C@H](O[C@@H]5O[C@H](CO)[C@H](O)[C@H](OS(=O)(=O)O)[C@H]5O)[C@H]4NC(C)=O)[C@H]3O)[C@H](O)[C@H]2O)[C@H](O)[C@H]1O)NC(=O)CCCCCCCCCCCCCCCCCCCCCCC. The summed E-state index contributed by atoms with van der Waals surface area (Å²) >= 11 is 0. The van der Waals surface area contributed by atoms with Crippen LogP contribution in [-0.2, 0) is 71.5 Å². The molecule has 33 nitrogen and oxygen atoms in total. The molecule has 0 radical (unpaired) electrons. The first-order valence-electron chi connectivity index (χ1n) is 40.1. The summed E-state index contributed by atoms with van der Waals surface area (Å²) in [4.78, 5) is 26.3. The molecule has 0 bridgehead atoms. The van der Waals surface area contributed by atoms with Crippen LogP contribution >= 0.6 is 0 Å². The van der Waals surface area contributed by atoms with E-state index in [1.165, 1.54) is 148 Å². The Bertz CT molecular complexity index is 2520. The highest BCUT2D eigenvalue weighted by molar-refractivity contribution is 7.80. The Kier molecular flexibility index (Phi) is 47.1. The lowest BCUT2D eigenvalue weighted by Crippen LogP contribution is -2.70. The minimum atomic E-state index is -5.41. The maximum atomic E-state index is 13.5. The van der Waals surface area contributed by atoms with Crippen LogP contribution in [0.3, 0.4) is 0 Å². The monoisotopic (exact) mass is 1580 g/mol. The molecule has 5 aliphatic rings. The summed E-state index contributed by atoms with van der Waals surface area (Å²) in [5.41, 5.74) is 0. The highest BCUT2D eigenvalue weighted by atomic mass is 32.3. The predicted octanol–water partition coefficient (Wildman–Crippen LogP) is 1.78. The Balaban J connectivity index is 1.17. The Morgan fingerprint density at radius 2 is 0.741 bits per heavy atom. The Morgan fingerprint density at radius 1 is 0.407 bits per heavy atom. The molecule has 5 aliphatic heterocycles. The van der Waals surface area contributed by atoms with Crippen LogP contribution < -0.4 is 10.6 Å². The van der Waals surface area contributed by atoms with E-state index >= 15 is 0 Å². The number of carbonyl (C=O) groups is 2. The zero-order valence-corrected chi connectivity index (χ0v) is 64.5. The number of hydrogen-bond donors (Lipinski definition) is 18. The van der Waals surface area contributed by atoms with Gasteiger partial charge < -0.3 is 135 Å². The predicted molar refractivity (Wildman–Crippen MR) is 388 cm³/mol. The van der Waals surface area contributed by atoms with Gasteiger partial charge in [-0.3, -0.25) is 14.1 Å². The molecular weight excluding hydrogens is 1440 g/mol. The maximum Gasteiger partial charge on any atom is 0.397 e. The first kappa shape index (κ1) is 96.1. The zero-order chi connectivity index (χ0) is 79.1. The molecule has 0 unspecified atom stereocenters. The van der Waals surface area contributed by atoms with Crippen LogP contribution in [-0.4, -0.2) is 307 Å². The summed E-state index contributed by atoms with van der Waals surface area (Å²) in [5, 5.41) is 172. The van der Waals surface area contributed by atoms with E-state index in [9.17, 15) is 99.2 Å². The van der Waals surface area contributed by atoms with Gasteiger partial charge in [0.25, 0.3) is 0 Å². The summed E-state index contributed by atoms with van der Waals surface area (Å²) in [6.07, 6.45) is -6.05. The molecule has 5 fully saturated rings. The molecule has 0 saturated carbocycles. The first-order valence-corrected chi connectivity index (χ1v) is 41.5. The Hall–Kier alpha value is -2.45. The number of allylic oxidation sites excluding steroid dienone is 1. The van der Waals surface area contributed by atoms with E-state index in [1.807, 2.05) is 6.08 Å². The lowest BCUT2D eigenvalue weighted by atomic mass is 9.94. The van der Waals surface area contributed by atoms with Gasteiger partial charge in [-0.15, -0.1) is 0 Å². The van der Waals surface area contributed by atoms with E-state index in [0.29, 0.717) is 12.8 Å². The third kappa shape index (κ3) is 32.3. The summed E-state index contributed by atoms with van der Waals surface area (Å²) in [6.45, 7) is -0.122. The summed E-state index contributed by atoms with van der Waals surface area (Å²) in [7, 11) is -5.41. The quantitative estimate of drug-likeness (QED) is 0.0234. The van der Waals surface area contributed by atoms with Gasteiger partial charge in [0.15, 0.2) is 31.5 Å². The minimum Gasteiger partial charge on any atom is -0.394 e. The highest BCUT2D eigenvalue weighted by Crippen LogP contribution is 2.37. The van der Waals surface area contributed by atoms with Gasteiger partial charge in [0.2, 0.25) is 11.8 Å². The number of aliphatic hydroxyl groups excluding tert-OH is 15. The van der Waals surface area contributed by atoms with Crippen LogP contribution in [0.1, 0.15) is 239 Å². The van der Waals surface area contributed by atoms with Crippen molar-refractivity contribution in [1.82, 2.24) is 10.6 Å². The molecule has 0 aromatic heterocycles. The lowest BCUT2D eigenvalue weighted by Gasteiger charge is -2.50. The molecule has 0 aromatic carbocycles. The third-order valence-electron chi connectivity index (χ3n) is 20.9. The first-order chi connectivity index (χ1) is 51.9. The van der Waals surface area contributed by atoms with Crippen LogP contribution in [0.5, 0.6) is 0 Å². The molecule has 5 heterocycles. The molecule has 2 amide bonds.